The van der Waals surface area contributed by atoms with E-state index in [1.165, 1.54) is 18.2 Å². The number of aryl methyl sites for hydroxylation is 1. The van der Waals surface area contributed by atoms with Crippen LogP contribution in [0.15, 0.2) is 22.6 Å². The number of carbonyl (C=O) groups is 2. The topological polar surface area (TPSA) is 92.4 Å². The van der Waals surface area contributed by atoms with E-state index in [0.29, 0.717) is 11.7 Å². The quantitative estimate of drug-likeness (QED) is 0.895. The highest BCUT2D eigenvalue weighted by atomic mass is 35.5. The first-order valence-corrected chi connectivity index (χ1v) is 6.98. The van der Waals surface area contributed by atoms with E-state index in [1.54, 1.807) is 6.92 Å². The van der Waals surface area contributed by atoms with Crippen LogP contribution >= 0.6 is 11.6 Å². The maximum Gasteiger partial charge on any atom is 0.335 e. The van der Waals surface area contributed by atoms with Crippen LogP contribution in [0.3, 0.4) is 0 Å². The lowest BCUT2D eigenvalue weighted by Crippen LogP contribution is -2.14. The van der Waals surface area contributed by atoms with E-state index in [-0.39, 0.29) is 27.9 Å². The van der Waals surface area contributed by atoms with E-state index < -0.39 is 11.9 Å². The number of oxazole rings is 1. The number of benzene rings is 1. The Morgan fingerprint density at radius 3 is 2.55 bits per heavy atom. The molecule has 1 aromatic carbocycles. The second-order valence-corrected chi connectivity index (χ2v) is 5.54. The van der Waals surface area contributed by atoms with Crippen LogP contribution in [0.1, 0.15) is 52.3 Å². The van der Waals surface area contributed by atoms with Crippen LogP contribution in [0.5, 0.6) is 0 Å². The Balaban J connectivity index is 2.27. The van der Waals surface area contributed by atoms with Crippen LogP contribution in [-0.4, -0.2) is 22.0 Å². The number of nitrogens with zero attached hydrogens (tertiary/aromatic N) is 1. The molecule has 0 atom stereocenters. The number of hydrogen-bond donors (Lipinski definition) is 2. The largest absolute Gasteiger partial charge is 0.478 e. The molecule has 0 unspecified atom stereocenters. The fraction of sp³-hybridized carbons (Fsp3) is 0.267. The molecule has 7 heteroatoms. The van der Waals surface area contributed by atoms with Crippen molar-refractivity contribution in [1.82, 2.24) is 4.98 Å². The molecule has 0 bridgehead atoms. The van der Waals surface area contributed by atoms with Gasteiger partial charge in [0.2, 0.25) is 0 Å². The van der Waals surface area contributed by atoms with Gasteiger partial charge in [-0.3, -0.25) is 4.79 Å². The van der Waals surface area contributed by atoms with E-state index in [0.717, 1.165) is 0 Å². The van der Waals surface area contributed by atoms with Crippen molar-refractivity contribution < 1.29 is 19.1 Å². The molecule has 1 aromatic heterocycles. The Kier molecular flexibility index (Phi) is 4.51. The zero-order chi connectivity index (χ0) is 16.4. The highest BCUT2D eigenvalue weighted by Gasteiger charge is 2.19. The number of carboxylic acids is 1. The third-order valence-corrected chi connectivity index (χ3v) is 3.14. The summed E-state index contributed by atoms with van der Waals surface area (Å²) < 4.78 is 5.43. The van der Waals surface area contributed by atoms with Crippen LogP contribution < -0.4 is 5.32 Å². The number of amides is 1. The van der Waals surface area contributed by atoms with E-state index >= 15 is 0 Å². The molecule has 0 saturated heterocycles. The molecule has 0 saturated carbocycles. The maximum atomic E-state index is 12.2. The molecule has 116 valence electrons. The van der Waals surface area contributed by atoms with E-state index in [9.17, 15) is 9.59 Å². The lowest BCUT2D eigenvalue weighted by molar-refractivity contribution is 0.0696. The Morgan fingerprint density at radius 2 is 2.00 bits per heavy atom. The van der Waals surface area contributed by atoms with Crippen molar-refractivity contribution in [3.05, 3.63) is 46.1 Å². The minimum Gasteiger partial charge on any atom is -0.478 e. The summed E-state index contributed by atoms with van der Waals surface area (Å²) in [6.07, 6.45) is 0. The molecule has 0 spiro atoms. The smallest absolute Gasteiger partial charge is 0.335 e. The van der Waals surface area contributed by atoms with Gasteiger partial charge in [-0.15, -0.1) is 0 Å². The van der Waals surface area contributed by atoms with Crippen molar-refractivity contribution in [2.75, 3.05) is 5.32 Å². The lowest BCUT2D eigenvalue weighted by Gasteiger charge is -2.05. The minimum absolute atomic E-state index is 0.0115. The second-order valence-electron chi connectivity index (χ2n) is 5.10. The Hall–Kier alpha value is -2.34. The molecule has 0 fully saturated rings. The Morgan fingerprint density at radius 1 is 1.32 bits per heavy atom. The molecule has 1 heterocycles. The van der Waals surface area contributed by atoms with Crippen molar-refractivity contribution in [2.45, 2.75) is 26.7 Å². The third kappa shape index (κ3) is 3.46. The molecule has 2 rings (SSSR count). The van der Waals surface area contributed by atoms with Crippen LogP contribution in [0.2, 0.25) is 5.02 Å². The molecule has 0 radical (unpaired) electrons. The van der Waals surface area contributed by atoms with Crippen molar-refractivity contribution in [3.8, 4) is 0 Å². The summed E-state index contributed by atoms with van der Waals surface area (Å²) in [5.41, 5.74) is 0.437. The van der Waals surface area contributed by atoms with Gasteiger partial charge in [-0.2, -0.15) is 0 Å². The molecule has 2 N–H and O–H groups in total. The van der Waals surface area contributed by atoms with Gasteiger partial charge in [0.05, 0.1) is 5.56 Å². The SMILES string of the molecule is Cc1oc(C(C)C)nc1C(=O)Nc1cc(Cl)cc(C(=O)O)c1. The Bertz CT molecular complexity index is 737. The summed E-state index contributed by atoms with van der Waals surface area (Å²) in [5, 5.41) is 11.8. The molecule has 22 heavy (non-hydrogen) atoms. The van der Waals surface area contributed by atoms with Crippen molar-refractivity contribution in [1.29, 1.82) is 0 Å². The molecule has 0 aliphatic heterocycles. The summed E-state index contributed by atoms with van der Waals surface area (Å²) in [4.78, 5) is 27.4. The van der Waals surface area contributed by atoms with Crippen LogP contribution in [-0.2, 0) is 0 Å². The summed E-state index contributed by atoms with van der Waals surface area (Å²) in [6, 6.07) is 4.09. The predicted molar refractivity (Wildman–Crippen MR) is 81.7 cm³/mol. The average molecular weight is 323 g/mol. The van der Waals surface area contributed by atoms with Gasteiger partial charge in [0, 0.05) is 16.6 Å². The second kappa shape index (κ2) is 6.19. The summed E-state index contributed by atoms with van der Waals surface area (Å²) in [7, 11) is 0. The molecule has 0 aliphatic carbocycles. The molecule has 0 aliphatic rings. The molecular formula is C15H15ClN2O4. The highest BCUT2D eigenvalue weighted by molar-refractivity contribution is 6.31. The number of aromatic nitrogens is 1. The average Bonchev–Trinajstić information content (AvgIpc) is 2.80. The fourth-order valence-electron chi connectivity index (χ4n) is 1.85. The highest BCUT2D eigenvalue weighted by Crippen LogP contribution is 2.22. The number of halogens is 1. The maximum absolute atomic E-state index is 12.2. The number of hydrogen-bond acceptors (Lipinski definition) is 4. The summed E-state index contributed by atoms with van der Waals surface area (Å²) >= 11 is 5.85. The zero-order valence-electron chi connectivity index (χ0n) is 12.3. The van der Waals surface area contributed by atoms with Gasteiger partial charge in [-0.1, -0.05) is 25.4 Å². The van der Waals surface area contributed by atoms with Crippen LogP contribution in [0, 0.1) is 6.92 Å². The summed E-state index contributed by atoms with van der Waals surface area (Å²) in [5.74, 6) is -0.670. The molecule has 6 nitrogen and oxygen atoms in total. The van der Waals surface area contributed by atoms with Crippen molar-refractivity contribution in [3.63, 3.8) is 0 Å². The van der Waals surface area contributed by atoms with Gasteiger partial charge in [0.25, 0.3) is 5.91 Å². The van der Waals surface area contributed by atoms with Gasteiger partial charge >= 0.3 is 5.97 Å². The number of carboxylic acid groups (broad SMARTS) is 1. The normalized spacial score (nSPS) is 10.8. The molecule has 2 aromatic rings. The first-order chi connectivity index (χ1) is 10.3. The van der Waals surface area contributed by atoms with Gasteiger partial charge in [-0.25, -0.2) is 9.78 Å². The first kappa shape index (κ1) is 16.0. The third-order valence-electron chi connectivity index (χ3n) is 2.92. The zero-order valence-corrected chi connectivity index (χ0v) is 13.1. The molecule has 1 amide bonds. The monoisotopic (exact) mass is 322 g/mol. The van der Waals surface area contributed by atoms with E-state index in [2.05, 4.69) is 10.3 Å². The number of nitrogens with one attached hydrogen (secondary N) is 1. The van der Waals surface area contributed by atoms with Gasteiger partial charge in [-0.05, 0) is 25.1 Å². The Labute approximate surface area is 132 Å². The van der Waals surface area contributed by atoms with Crippen LogP contribution in [0.4, 0.5) is 5.69 Å². The van der Waals surface area contributed by atoms with Crippen molar-refractivity contribution in [2.24, 2.45) is 0 Å². The van der Waals surface area contributed by atoms with E-state index in [4.69, 9.17) is 21.1 Å². The number of rotatable bonds is 4. The number of carbonyl (C=O) groups excluding carboxylic acids is 1. The van der Waals surface area contributed by atoms with E-state index in [1.807, 2.05) is 13.8 Å². The number of anilines is 1. The minimum atomic E-state index is -1.13. The molecular weight excluding hydrogens is 308 g/mol. The first-order valence-electron chi connectivity index (χ1n) is 6.60. The lowest BCUT2D eigenvalue weighted by atomic mass is 10.2. The van der Waals surface area contributed by atoms with Crippen molar-refractivity contribution >= 4 is 29.2 Å². The van der Waals surface area contributed by atoms with Gasteiger partial charge in [0.1, 0.15) is 5.76 Å². The standard InChI is InChI=1S/C15H15ClN2O4/c1-7(2)14-18-12(8(3)22-14)13(19)17-11-5-9(15(20)21)4-10(16)6-11/h4-7H,1-3H3,(H,17,19)(H,20,21). The van der Waals surface area contributed by atoms with Gasteiger partial charge < -0.3 is 14.8 Å². The predicted octanol–water partition coefficient (Wildman–Crippen LogP) is 3.71. The number of aromatic carboxylic acids is 1. The van der Waals surface area contributed by atoms with Crippen LogP contribution in [0.25, 0.3) is 0 Å². The fourth-order valence-corrected chi connectivity index (χ4v) is 2.09. The van der Waals surface area contributed by atoms with Gasteiger partial charge in [0.15, 0.2) is 11.6 Å². The summed E-state index contributed by atoms with van der Waals surface area (Å²) in [6.45, 7) is 5.46.